The van der Waals surface area contributed by atoms with Gasteiger partial charge in [-0.2, -0.15) is 0 Å². The quantitative estimate of drug-likeness (QED) is 0.0608. The van der Waals surface area contributed by atoms with E-state index in [0.29, 0.717) is 13.2 Å². The van der Waals surface area contributed by atoms with E-state index in [1.165, 1.54) is 109 Å². The van der Waals surface area contributed by atoms with Crippen LogP contribution in [0.25, 0.3) is 0 Å². The van der Waals surface area contributed by atoms with E-state index in [9.17, 15) is 4.57 Å². The fourth-order valence-electron chi connectivity index (χ4n) is 4.12. The van der Waals surface area contributed by atoms with Crippen molar-refractivity contribution in [2.75, 3.05) is 32.8 Å². The van der Waals surface area contributed by atoms with Crippen molar-refractivity contribution in [3.8, 4) is 0 Å². The summed E-state index contributed by atoms with van der Waals surface area (Å²) in [4.78, 5) is 2.66. The molecule has 0 aliphatic heterocycles. The molecule has 0 fully saturated rings. The molecule has 1 unspecified atom stereocenters. The predicted molar refractivity (Wildman–Crippen MR) is 150 cm³/mol. The Morgan fingerprint density at radius 2 is 0.971 bits per heavy atom. The molecule has 0 aliphatic rings. The lowest BCUT2D eigenvalue weighted by Crippen LogP contribution is -2.27. The molecule has 0 aromatic carbocycles. The molecule has 0 saturated carbocycles. The second-order valence-corrected chi connectivity index (χ2v) is 10.7. The first-order valence-electron chi connectivity index (χ1n) is 14.8. The number of unbranched alkanes of at least 4 members (excludes halogenated alkanes) is 14. The average molecular weight is 501 g/mol. The minimum Gasteiger partial charge on any atom is -0.303 e. The molecular weight excluding hydrogens is 441 g/mol. The van der Waals surface area contributed by atoms with Gasteiger partial charge >= 0.3 is 8.25 Å². The van der Waals surface area contributed by atoms with E-state index in [1.807, 2.05) is 0 Å². The minimum atomic E-state index is -1.97. The largest absolute Gasteiger partial charge is 0.697 e. The molecule has 0 spiro atoms. The van der Waals surface area contributed by atoms with E-state index >= 15 is 0 Å². The first kappa shape index (κ1) is 33.7. The van der Waals surface area contributed by atoms with Crippen LogP contribution in [-0.2, 0) is 13.6 Å². The van der Waals surface area contributed by atoms with Crippen molar-refractivity contribution in [2.24, 2.45) is 0 Å². The monoisotopic (exact) mass is 500 g/mol. The zero-order valence-electron chi connectivity index (χ0n) is 23.2. The highest BCUT2D eigenvalue weighted by molar-refractivity contribution is 7.33. The lowest BCUT2D eigenvalue weighted by atomic mass is 10.1. The van der Waals surface area contributed by atoms with E-state index in [2.05, 4.69) is 37.8 Å². The molecular formula is C29H59NO3P+. The Morgan fingerprint density at radius 1 is 0.529 bits per heavy atom. The van der Waals surface area contributed by atoms with Crippen LogP contribution in [-0.4, -0.2) is 37.7 Å². The van der Waals surface area contributed by atoms with Gasteiger partial charge < -0.3 is 4.90 Å². The molecule has 0 amide bonds. The minimum absolute atomic E-state index is 0.476. The number of hydrogen-bond donors (Lipinski definition) is 0. The van der Waals surface area contributed by atoms with Crippen LogP contribution >= 0.6 is 8.25 Å². The van der Waals surface area contributed by atoms with Gasteiger partial charge in [0.25, 0.3) is 0 Å². The van der Waals surface area contributed by atoms with Gasteiger partial charge in [0.1, 0.15) is 13.2 Å². The van der Waals surface area contributed by atoms with Crippen molar-refractivity contribution in [3.05, 3.63) is 12.2 Å². The van der Waals surface area contributed by atoms with Crippen LogP contribution in [0.1, 0.15) is 143 Å². The molecule has 0 radical (unpaired) electrons. The number of nitrogens with zero attached hydrogens (tertiary/aromatic N) is 1. The third-order valence-corrected chi connectivity index (χ3v) is 7.13. The third-order valence-electron chi connectivity index (χ3n) is 6.34. The SMILES string of the molecule is CCCCC/C=C\CCO[P+](=O)OCCCCN(CCCCCCCC)CCCCCCCC. The van der Waals surface area contributed by atoms with Crippen molar-refractivity contribution in [1.29, 1.82) is 0 Å². The molecule has 0 aromatic heterocycles. The molecule has 0 saturated heterocycles. The van der Waals surface area contributed by atoms with Gasteiger partial charge in [0.2, 0.25) is 0 Å². The topological polar surface area (TPSA) is 38.8 Å². The molecule has 202 valence electrons. The molecule has 0 aliphatic carbocycles. The standard InChI is InChI=1S/C29H59NO3P/c1-4-7-10-13-16-19-23-28-32-34(31)33-29-24-22-27-30(25-20-17-14-11-8-5-2)26-21-18-15-12-9-6-3/h16,19H,4-15,17-18,20-29H2,1-3H3/q+1/b19-16-. The summed E-state index contributed by atoms with van der Waals surface area (Å²) in [5.74, 6) is 0. The number of rotatable bonds is 28. The summed E-state index contributed by atoms with van der Waals surface area (Å²) in [5.41, 5.74) is 0. The first-order valence-corrected chi connectivity index (χ1v) is 15.9. The fraction of sp³-hybridized carbons (Fsp3) is 0.931. The van der Waals surface area contributed by atoms with Gasteiger partial charge in [0.15, 0.2) is 0 Å². The summed E-state index contributed by atoms with van der Waals surface area (Å²) >= 11 is 0. The maximum absolute atomic E-state index is 11.9. The summed E-state index contributed by atoms with van der Waals surface area (Å²) in [6.07, 6.45) is 28.4. The van der Waals surface area contributed by atoms with Gasteiger partial charge in [-0.15, -0.1) is 9.05 Å². The van der Waals surface area contributed by atoms with E-state index in [0.717, 1.165) is 32.2 Å². The second kappa shape index (κ2) is 29.0. The summed E-state index contributed by atoms with van der Waals surface area (Å²) in [5, 5.41) is 0. The van der Waals surface area contributed by atoms with Crippen LogP contribution in [0, 0.1) is 0 Å². The Morgan fingerprint density at radius 3 is 1.56 bits per heavy atom. The summed E-state index contributed by atoms with van der Waals surface area (Å²) in [6.45, 7) is 11.4. The van der Waals surface area contributed by atoms with E-state index in [1.54, 1.807) is 0 Å². The predicted octanol–water partition coefficient (Wildman–Crippen LogP) is 10.0. The van der Waals surface area contributed by atoms with Crippen molar-refractivity contribution in [3.63, 3.8) is 0 Å². The van der Waals surface area contributed by atoms with Crippen molar-refractivity contribution in [1.82, 2.24) is 4.90 Å². The Hall–Kier alpha value is -0.280. The number of hydrogen-bond acceptors (Lipinski definition) is 4. The summed E-state index contributed by atoms with van der Waals surface area (Å²) in [7, 11) is -1.97. The summed E-state index contributed by atoms with van der Waals surface area (Å²) < 4.78 is 22.6. The molecule has 5 heteroatoms. The zero-order chi connectivity index (χ0) is 25.0. The molecule has 34 heavy (non-hydrogen) atoms. The van der Waals surface area contributed by atoms with Crippen LogP contribution in [0.2, 0.25) is 0 Å². The molecule has 1 atom stereocenters. The lowest BCUT2D eigenvalue weighted by molar-refractivity contribution is 0.213. The highest BCUT2D eigenvalue weighted by Crippen LogP contribution is 2.24. The second-order valence-electron chi connectivity index (χ2n) is 9.73. The smallest absolute Gasteiger partial charge is 0.303 e. The van der Waals surface area contributed by atoms with Crippen LogP contribution < -0.4 is 0 Å². The fourth-order valence-corrected chi connectivity index (χ4v) is 4.73. The van der Waals surface area contributed by atoms with Crippen LogP contribution in [0.3, 0.4) is 0 Å². The number of allylic oxidation sites excluding steroid dienone is 1. The first-order chi connectivity index (χ1) is 16.7. The zero-order valence-corrected chi connectivity index (χ0v) is 24.1. The van der Waals surface area contributed by atoms with Crippen LogP contribution in [0.4, 0.5) is 0 Å². The molecule has 0 aromatic rings. The molecule has 0 rings (SSSR count). The Balaban J connectivity index is 3.87. The van der Waals surface area contributed by atoms with Crippen molar-refractivity contribution < 1.29 is 13.6 Å². The van der Waals surface area contributed by atoms with Gasteiger partial charge in [-0.1, -0.05) is 110 Å². The highest BCUT2D eigenvalue weighted by Gasteiger charge is 2.19. The van der Waals surface area contributed by atoms with Gasteiger partial charge in [0.05, 0.1) is 0 Å². The normalized spacial score (nSPS) is 12.3. The van der Waals surface area contributed by atoms with Gasteiger partial charge in [0, 0.05) is 4.57 Å². The van der Waals surface area contributed by atoms with Crippen molar-refractivity contribution in [2.45, 2.75) is 143 Å². The lowest BCUT2D eigenvalue weighted by Gasteiger charge is -2.22. The summed E-state index contributed by atoms with van der Waals surface area (Å²) in [6, 6.07) is 0. The van der Waals surface area contributed by atoms with Crippen LogP contribution in [0.15, 0.2) is 12.2 Å². The highest BCUT2D eigenvalue weighted by atomic mass is 31.1. The van der Waals surface area contributed by atoms with E-state index in [-0.39, 0.29) is 0 Å². The Kier molecular flexibility index (Phi) is 28.7. The van der Waals surface area contributed by atoms with Gasteiger partial charge in [-0.05, 0) is 64.6 Å². The average Bonchev–Trinajstić information content (AvgIpc) is 2.84. The van der Waals surface area contributed by atoms with E-state index in [4.69, 9.17) is 9.05 Å². The third kappa shape index (κ3) is 26.3. The Bertz CT molecular complexity index is 429. The van der Waals surface area contributed by atoms with Gasteiger partial charge in [-0.25, -0.2) is 0 Å². The maximum atomic E-state index is 11.9. The van der Waals surface area contributed by atoms with Crippen molar-refractivity contribution >= 4 is 8.25 Å². The molecule has 4 nitrogen and oxygen atoms in total. The van der Waals surface area contributed by atoms with E-state index < -0.39 is 8.25 Å². The molecule has 0 N–H and O–H groups in total. The van der Waals surface area contributed by atoms with Gasteiger partial charge in [-0.3, -0.25) is 0 Å². The molecule has 0 heterocycles. The molecule has 0 bridgehead atoms. The maximum Gasteiger partial charge on any atom is 0.697 e. The van der Waals surface area contributed by atoms with Crippen LogP contribution in [0.5, 0.6) is 0 Å². The Labute approximate surface area is 214 Å².